The number of carbonyl (C=O) groups is 2. The molecule has 0 aliphatic rings. The summed E-state index contributed by atoms with van der Waals surface area (Å²) in [7, 11) is 1.43. The lowest BCUT2D eigenvalue weighted by molar-refractivity contribution is -0.148. The number of halogens is 1. The SMILES string of the molecule is COc1cc(C(C)=O)ccc1OCC(=O)OCc1nc(-c2ccc(F)cc2)no1. The Labute approximate surface area is 165 Å². The predicted octanol–water partition coefficient (Wildman–Crippen LogP) is 3.21. The van der Waals surface area contributed by atoms with Crippen LogP contribution in [-0.2, 0) is 16.1 Å². The minimum absolute atomic E-state index is 0.0843. The molecule has 9 heteroatoms. The molecule has 0 saturated carbocycles. The number of ketones is 1. The molecule has 1 heterocycles. The first-order valence-corrected chi connectivity index (χ1v) is 8.52. The molecule has 3 aromatic rings. The van der Waals surface area contributed by atoms with Gasteiger partial charge in [-0.15, -0.1) is 0 Å². The van der Waals surface area contributed by atoms with Gasteiger partial charge >= 0.3 is 5.97 Å². The fourth-order valence-electron chi connectivity index (χ4n) is 2.36. The zero-order valence-electron chi connectivity index (χ0n) is 15.7. The molecular weight excluding hydrogens is 383 g/mol. The summed E-state index contributed by atoms with van der Waals surface area (Å²) in [5.74, 6) is -0.196. The summed E-state index contributed by atoms with van der Waals surface area (Å²) in [5, 5.41) is 3.76. The Hall–Kier alpha value is -3.75. The maximum atomic E-state index is 13.0. The van der Waals surface area contributed by atoms with Crippen LogP contribution in [0.1, 0.15) is 23.2 Å². The molecule has 0 aliphatic carbocycles. The highest BCUT2D eigenvalue weighted by atomic mass is 19.1. The van der Waals surface area contributed by atoms with Crippen LogP contribution in [0.5, 0.6) is 11.5 Å². The average Bonchev–Trinajstić information content (AvgIpc) is 3.20. The second kappa shape index (κ2) is 8.96. The summed E-state index contributed by atoms with van der Waals surface area (Å²) in [6, 6.07) is 10.2. The average molecular weight is 400 g/mol. The van der Waals surface area contributed by atoms with E-state index in [2.05, 4.69) is 10.1 Å². The molecule has 2 aromatic carbocycles. The second-order valence-corrected chi connectivity index (χ2v) is 5.89. The minimum Gasteiger partial charge on any atom is -0.493 e. The van der Waals surface area contributed by atoms with Crippen LogP contribution in [0.4, 0.5) is 4.39 Å². The molecule has 1 aromatic heterocycles. The first kappa shape index (κ1) is 20.0. The van der Waals surface area contributed by atoms with E-state index in [4.69, 9.17) is 18.7 Å². The van der Waals surface area contributed by atoms with E-state index in [1.54, 1.807) is 6.07 Å². The Morgan fingerprint density at radius 3 is 2.55 bits per heavy atom. The third-order valence-electron chi connectivity index (χ3n) is 3.84. The molecule has 0 saturated heterocycles. The van der Waals surface area contributed by atoms with Gasteiger partial charge < -0.3 is 18.7 Å². The summed E-state index contributed by atoms with van der Waals surface area (Å²) >= 11 is 0. The van der Waals surface area contributed by atoms with Crippen LogP contribution < -0.4 is 9.47 Å². The van der Waals surface area contributed by atoms with Crippen LogP contribution in [0.2, 0.25) is 0 Å². The number of rotatable bonds is 8. The standard InChI is InChI=1S/C20H17FN2O6/c1-12(24)14-5-8-16(17(9-14)26-2)27-11-19(25)28-10-18-22-20(23-29-18)13-3-6-15(21)7-4-13/h3-9H,10-11H2,1-2H3. The van der Waals surface area contributed by atoms with Crippen LogP contribution in [0, 0.1) is 5.82 Å². The highest BCUT2D eigenvalue weighted by Gasteiger charge is 2.14. The Balaban J connectivity index is 1.53. The van der Waals surface area contributed by atoms with Gasteiger partial charge in [-0.25, -0.2) is 9.18 Å². The lowest BCUT2D eigenvalue weighted by Crippen LogP contribution is -2.15. The number of ether oxygens (including phenoxy) is 3. The summed E-state index contributed by atoms with van der Waals surface area (Å²) in [4.78, 5) is 27.4. The highest BCUT2D eigenvalue weighted by molar-refractivity contribution is 5.94. The van der Waals surface area contributed by atoms with E-state index in [0.717, 1.165) is 0 Å². The van der Waals surface area contributed by atoms with Gasteiger partial charge in [-0.2, -0.15) is 4.98 Å². The Kier molecular flexibility index (Phi) is 6.18. The van der Waals surface area contributed by atoms with E-state index in [-0.39, 0.29) is 36.5 Å². The summed E-state index contributed by atoms with van der Waals surface area (Å²) in [6.45, 7) is 0.817. The van der Waals surface area contributed by atoms with Gasteiger partial charge in [-0.1, -0.05) is 5.16 Å². The lowest BCUT2D eigenvalue weighted by atomic mass is 10.1. The minimum atomic E-state index is -0.663. The molecule has 0 bridgehead atoms. The molecule has 3 rings (SSSR count). The van der Waals surface area contributed by atoms with Gasteiger partial charge in [0.25, 0.3) is 5.89 Å². The monoisotopic (exact) mass is 400 g/mol. The van der Waals surface area contributed by atoms with Crippen LogP contribution in [0.3, 0.4) is 0 Å². The van der Waals surface area contributed by atoms with E-state index in [1.165, 1.54) is 50.4 Å². The van der Waals surface area contributed by atoms with Crippen molar-refractivity contribution in [2.75, 3.05) is 13.7 Å². The largest absolute Gasteiger partial charge is 0.493 e. The van der Waals surface area contributed by atoms with Gasteiger partial charge in [0.1, 0.15) is 5.82 Å². The predicted molar refractivity (Wildman–Crippen MR) is 98.0 cm³/mol. The molecule has 0 spiro atoms. The smallest absolute Gasteiger partial charge is 0.344 e. The molecule has 8 nitrogen and oxygen atoms in total. The number of benzene rings is 2. The number of aromatic nitrogens is 2. The summed E-state index contributed by atoms with van der Waals surface area (Å²) < 4.78 is 33.6. The number of Topliss-reactive ketones (excluding diaryl/α,β-unsaturated/α-hetero) is 1. The molecule has 0 unspecified atom stereocenters. The van der Waals surface area contributed by atoms with E-state index >= 15 is 0 Å². The molecular formula is C20H17FN2O6. The van der Waals surface area contributed by atoms with Gasteiger partial charge in [0.05, 0.1) is 7.11 Å². The number of methoxy groups -OCH3 is 1. The van der Waals surface area contributed by atoms with Crippen molar-refractivity contribution in [3.63, 3.8) is 0 Å². The number of hydrogen-bond donors (Lipinski definition) is 0. The van der Waals surface area contributed by atoms with Crippen molar-refractivity contribution in [3.05, 3.63) is 59.7 Å². The van der Waals surface area contributed by atoms with Crippen LogP contribution >= 0.6 is 0 Å². The maximum Gasteiger partial charge on any atom is 0.344 e. The third-order valence-corrected chi connectivity index (χ3v) is 3.84. The number of carbonyl (C=O) groups excluding carboxylic acids is 2. The van der Waals surface area contributed by atoms with Crippen molar-refractivity contribution in [2.24, 2.45) is 0 Å². The zero-order valence-corrected chi connectivity index (χ0v) is 15.7. The topological polar surface area (TPSA) is 101 Å². The fraction of sp³-hybridized carbons (Fsp3) is 0.200. The lowest BCUT2D eigenvalue weighted by Gasteiger charge is -2.11. The van der Waals surface area contributed by atoms with Crippen molar-refractivity contribution in [1.29, 1.82) is 0 Å². The molecule has 29 heavy (non-hydrogen) atoms. The Bertz CT molecular complexity index is 1020. The Morgan fingerprint density at radius 1 is 1.10 bits per heavy atom. The molecule has 0 radical (unpaired) electrons. The Morgan fingerprint density at radius 2 is 1.86 bits per heavy atom. The fourth-order valence-corrected chi connectivity index (χ4v) is 2.36. The van der Waals surface area contributed by atoms with Gasteiger partial charge in [-0.3, -0.25) is 4.79 Å². The summed E-state index contributed by atoms with van der Waals surface area (Å²) in [5.41, 5.74) is 1.03. The number of nitrogens with zero attached hydrogens (tertiary/aromatic N) is 2. The van der Waals surface area contributed by atoms with Crippen molar-refractivity contribution in [2.45, 2.75) is 13.5 Å². The third kappa shape index (κ3) is 5.16. The quantitative estimate of drug-likeness (QED) is 0.420. The van der Waals surface area contributed by atoms with Gasteiger partial charge in [-0.05, 0) is 49.4 Å². The first-order valence-electron chi connectivity index (χ1n) is 8.52. The van der Waals surface area contributed by atoms with Crippen LogP contribution in [-0.4, -0.2) is 35.6 Å². The van der Waals surface area contributed by atoms with Crippen molar-refractivity contribution >= 4 is 11.8 Å². The zero-order chi connectivity index (χ0) is 20.8. The maximum absolute atomic E-state index is 13.0. The van der Waals surface area contributed by atoms with E-state index in [9.17, 15) is 14.0 Å². The van der Waals surface area contributed by atoms with Crippen LogP contribution in [0.15, 0.2) is 47.0 Å². The highest BCUT2D eigenvalue weighted by Crippen LogP contribution is 2.28. The number of hydrogen-bond acceptors (Lipinski definition) is 8. The van der Waals surface area contributed by atoms with E-state index in [1.807, 2.05) is 0 Å². The summed E-state index contributed by atoms with van der Waals surface area (Å²) in [6.07, 6.45) is 0. The molecule has 0 fully saturated rings. The van der Waals surface area contributed by atoms with Crippen molar-refractivity contribution in [1.82, 2.24) is 10.1 Å². The van der Waals surface area contributed by atoms with E-state index in [0.29, 0.717) is 22.6 Å². The van der Waals surface area contributed by atoms with Gasteiger partial charge in [0.15, 0.2) is 30.5 Å². The molecule has 0 aliphatic heterocycles. The van der Waals surface area contributed by atoms with Crippen molar-refractivity contribution < 1.29 is 32.7 Å². The molecule has 0 N–H and O–H groups in total. The van der Waals surface area contributed by atoms with Gasteiger partial charge in [0, 0.05) is 11.1 Å². The normalized spacial score (nSPS) is 10.4. The molecule has 150 valence electrons. The van der Waals surface area contributed by atoms with Crippen molar-refractivity contribution in [3.8, 4) is 22.9 Å². The molecule has 0 atom stereocenters. The second-order valence-electron chi connectivity index (χ2n) is 5.89. The van der Waals surface area contributed by atoms with Gasteiger partial charge in [0.2, 0.25) is 5.82 Å². The number of esters is 1. The van der Waals surface area contributed by atoms with E-state index < -0.39 is 5.97 Å². The molecule has 0 amide bonds. The van der Waals surface area contributed by atoms with Crippen LogP contribution in [0.25, 0.3) is 11.4 Å². The first-order chi connectivity index (χ1) is 14.0.